The van der Waals surface area contributed by atoms with E-state index in [9.17, 15) is 0 Å². The highest BCUT2D eigenvalue weighted by atomic mass is 32.2. The average molecular weight is 235 g/mol. The summed E-state index contributed by atoms with van der Waals surface area (Å²) in [5.74, 6) is 0.809. The summed E-state index contributed by atoms with van der Waals surface area (Å²) in [5, 5.41) is 7.80. The average Bonchev–Trinajstić information content (AvgIpc) is 2.76. The lowest BCUT2D eigenvalue weighted by atomic mass is 10.2. The molecule has 0 aromatic carbocycles. The highest BCUT2D eigenvalue weighted by Crippen LogP contribution is 2.15. The Morgan fingerprint density at radius 3 is 2.88 bits per heavy atom. The van der Waals surface area contributed by atoms with Crippen LogP contribution in [0.3, 0.4) is 0 Å². The van der Waals surface area contributed by atoms with Crippen molar-refractivity contribution in [2.75, 3.05) is 6.26 Å². The molecule has 1 N–H and O–H groups in total. The molecule has 0 aliphatic carbocycles. The third kappa shape index (κ3) is 3.70. The Morgan fingerprint density at radius 1 is 1.50 bits per heavy atom. The maximum atomic E-state index is 4.37. The molecule has 0 spiro atoms. The second kappa shape index (κ2) is 7.06. The Kier molecular flexibility index (Phi) is 5.64. The highest BCUT2D eigenvalue weighted by molar-refractivity contribution is 7.98. The van der Waals surface area contributed by atoms with E-state index in [0.29, 0.717) is 0 Å². The summed E-state index contributed by atoms with van der Waals surface area (Å²) in [5.41, 5.74) is 1.04. The molecule has 0 fully saturated rings. The van der Waals surface area contributed by atoms with Crippen molar-refractivity contribution in [2.45, 2.75) is 25.4 Å². The number of nitrogens with zero attached hydrogens (tertiary/aromatic N) is 2. The van der Waals surface area contributed by atoms with Gasteiger partial charge in [-0.3, -0.25) is 5.10 Å². The van der Waals surface area contributed by atoms with Crippen LogP contribution < -0.4 is 0 Å². The zero-order valence-electron chi connectivity index (χ0n) is 9.90. The van der Waals surface area contributed by atoms with Gasteiger partial charge >= 0.3 is 0 Å². The van der Waals surface area contributed by atoms with Gasteiger partial charge in [-0.15, -0.1) is 5.10 Å². The van der Waals surface area contributed by atoms with Crippen molar-refractivity contribution < 1.29 is 0 Å². The number of aromatic amines is 1. The number of hydrogen-bond acceptors (Lipinski definition) is 3. The predicted molar refractivity (Wildman–Crippen MR) is 70.4 cm³/mol. The number of H-pyrrole nitrogens is 1. The van der Waals surface area contributed by atoms with Gasteiger partial charge in [0, 0.05) is 5.57 Å². The maximum absolute atomic E-state index is 4.37. The van der Waals surface area contributed by atoms with Crippen molar-refractivity contribution in [3.05, 3.63) is 36.2 Å². The fourth-order valence-corrected chi connectivity index (χ4v) is 1.49. The summed E-state index contributed by atoms with van der Waals surface area (Å²) < 4.78 is 0. The minimum atomic E-state index is 0.768. The smallest absolute Gasteiger partial charge is 0.208 e. The van der Waals surface area contributed by atoms with Gasteiger partial charge in [0.2, 0.25) is 5.16 Å². The van der Waals surface area contributed by atoms with Crippen molar-refractivity contribution in [1.29, 1.82) is 0 Å². The van der Waals surface area contributed by atoms with E-state index >= 15 is 0 Å². The van der Waals surface area contributed by atoms with E-state index in [4.69, 9.17) is 0 Å². The molecular weight excluding hydrogens is 218 g/mol. The fraction of sp³-hybridized carbons (Fsp3) is 0.333. The third-order valence-electron chi connectivity index (χ3n) is 1.91. The first-order valence-electron chi connectivity index (χ1n) is 5.28. The molecular formula is C12H17N3S. The molecule has 0 saturated heterocycles. The lowest BCUT2D eigenvalue weighted by Crippen LogP contribution is -1.84. The summed E-state index contributed by atoms with van der Waals surface area (Å²) in [4.78, 5) is 4.37. The zero-order chi connectivity index (χ0) is 11.8. The van der Waals surface area contributed by atoms with Gasteiger partial charge in [-0.05, 0) is 19.6 Å². The second-order valence-electron chi connectivity index (χ2n) is 3.13. The van der Waals surface area contributed by atoms with Crippen LogP contribution in [-0.2, 0) is 0 Å². The number of aromatic nitrogens is 3. The molecule has 0 aliphatic rings. The summed E-state index contributed by atoms with van der Waals surface area (Å²) in [6.45, 7) is 4.10. The van der Waals surface area contributed by atoms with Gasteiger partial charge in [-0.1, -0.05) is 49.1 Å². The number of allylic oxidation sites excluding steroid dienone is 6. The van der Waals surface area contributed by atoms with E-state index in [1.807, 2.05) is 37.5 Å². The number of hydrogen-bond donors (Lipinski definition) is 1. The van der Waals surface area contributed by atoms with E-state index < -0.39 is 0 Å². The van der Waals surface area contributed by atoms with Gasteiger partial charge in [-0.2, -0.15) is 0 Å². The minimum absolute atomic E-state index is 0.768. The molecule has 0 unspecified atom stereocenters. The molecule has 0 atom stereocenters. The second-order valence-corrected chi connectivity index (χ2v) is 3.90. The molecule has 1 heterocycles. The number of rotatable bonds is 5. The van der Waals surface area contributed by atoms with E-state index in [1.165, 1.54) is 11.8 Å². The Morgan fingerprint density at radius 2 is 2.31 bits per heavy atom. The molecule has 86 valence electrons. The summed E-state index contributed by atoms with van der Waals surface area (Å²) in [7, 11) is 0. The van der Waals surface area contributed by atoms with Crippen molar-refractivity contribution >= 4 is 17.3 Å². The first-order valence-corrected chi connectivity index (χ1v) is 6.50. The molecule has 1 aromatic rings. The van der Waals surface area contributed by atoms with Crippen LogP contribution in [0.4, 0.5) is 0 Å². The highest BCUT2D eigenvalue weighted by Gasteiger charge is 2.03. The van der Waals surface area contributed by atoms with Crippen LogP contribution in [0, 0.1) is 0 Å². The van der Waals surface area contributed by atoms with E-state index in [1.54, 1.807) is 0 Å². The van der Waals surface area contributed by atoms with Crippen LogP contribution in [0.5, 0.6) is 0 Å². The molecule has 3 nitrogen and oxygen atoms in total. The monoisotopic (exact) mass is 235 g/mol. The first-order chi connectivity index (χ1) is 7.81. The van der Waals surface area contributed by atoms with Gasteiger partial charge in [-0.25, -0.2) is 4.98 Å². The molecule has 16 heavy (non-hydrogen) atoms. The van der Waals surface area contributed by atoms with Crippen LogP contribution in [0.2, 0.25) is 0 Å². The van der Waals surface area contributed by atoms with Gasteiger partial charge < -0.3 is 0 Å². The van der Waals surface area contributed by atoms with Gasteiger partial charge in [0.15, 0.2) is 5.82 Å². The standard InChI is InChI=1S/C12H17N3S/c1-4-6-7-9-10(8-5-2)11-13-12(16-3)15-14-11/h5-9H,4H2,1-3H3,(H,13,14,15)/b7-6+,8-5-,10-9+. The zero-order valence-corrected chi connectivity index (χ0v) is 10.7. The van der Waals surface area contributed by atoms with Crippen LogP contribution >= 0.6 is 11.8 Å². The van der Waals surface area contributed by atoms with E-state index in [-0.39, 0.29) is 0 Å². The van der Waals surface area contributed by atoms with Crippen LogP contribution in [0.1, 0.15) is 26.1 Å². The van der Waals surface area contributed by atoms with E-state index in [0.717, 1.165) is 23.0 Å². The van der Waals surface area contributed by atoms with Crippen LogP contribution in [0.15, 0.2) is 35.5 Å². The number of thioether (sulfide) groups is 1. The topological polar surface area (TPSA) is 41.6 Å². The molecule has 4 heteroatoms. The van der Waals surface area contributed by atoms with Gasteiger partial charge in [0.05, 0.1) is 0 Å². The van der Waals surface area contributed by atoms with Crippen LogP contribution in [0.25, 0.3) is 5.57 Å². The van der Waals surface area contributed by atoms with Gasteiger partial charge in [0.25, 0.3) is 0 Å². The SMILES string of the molecule is C\C=C/C(=C\C=C\CC)c1nc(SC)n[nH]1. The molecule has 0 aliphatic heterocycles. The van der Waals surface area contributed by atoms with Crippen LogP contribution in [-0.4, -0.2) is 21.4 Å². The molecule has 0 saturated carbocycles. The van der Waals surface area contributed by atoms with Crippen molar-refractivity contribution in [2.24, 2.45) is 0 Å². The lowest BCUT2D eigenvalue weighted by molar-refractivity contribution is 0.975. The lowest BCUT2D eigenvalue weighted by Gasteiger charge is -1.94. The largest absolute Gasteiger partial charge is 0.258 e. The molecule has 0 bridgehead atoms. The summed E-state index contributed by atoms with van der Waals surface area (Å²) in [6, 6.07) is 0. The van der Waals surface area contributed by atoms with Crippen molar-refractivity contribution in [3.8, 4) is 0 Å². The third-order valence-corrected chi connectivity index (χ3v) is 2.46. The Labute approximate surface area is 101 Å². The quantitative estimate of drug-likeness (QED) is 0.628. The Bertz CT molecular complexity index is 402. The number of nitrogens with one attached hydrogen (secondary N) is 1. The van der Waals surface area contributed by atoms with Gasteiger partial charge in [0.1, 0.15) is 0 Å². The first kappa shape index (κ1) is 12.8. The molecule has 1 rings (SSSR count). The predicted octanol–water partition coefficient (Wildman–Crippen LogP) is 3.45. The van der Waals surface area contributed by atoms with Crippen molar-refractivity contribution in [3.63, 3.8) is 0 Å². The molecule has 0 radical (unpaired) electrons. The molecule has 0 amide bonds. The van der Waals surface area contributed by atoms with Crippen molar-refractivity contribution in [1.82, 2.24) is 15.2 Å². The summed E-state index contributed by atoms with van der Waals surface area (Å²) in [6.07, 6.45) is 13.2. The minimum Gasteiger partial charge on any atom is -0.258 e. The normalized spacial score (nSPS) is 13.1. The maximum Gasteiger partial charge on any atom is 0.208 e. The molecule has 1 aromatic heterocycles. The Balaban J connectivity index is 2.93. The fourth-order valence-electron chi connectivity index (χ4n) is 1.17. The summed E-state index contributed by atoms with van der Waals surface area (Å²) >= 11 is 1.53. The Hall–Kier alpha value is -1.29. The van der Waals surface area contributed by atoms with E-state index in [2.05, 4.69) is 28.2 Å².